The predicted molar refractivity (Wildman–Crippen MR) is 145 cm³/mol. The molecule has 37 heavy (non-hydrogen) atoms. The number of hydrogen-bond acceptors (Lipinski definition) is 7. The zero-order valence-corrected chi connectivity index (χ0v) is 22.9. The SMILES string of the molecule is Cc1ncsc1-c1ccc(CNC(=O)[C@@H]2CC(O)CN2C(=O)[C@@H](NC(=O)CCCCN)C(C)(C)C)cc1. The number of benzene rings is 1. The van der Waals surface area contributed by atoms with Crippen molar-refractivity contribution >= 4 is 29.1 Å². The van der Waals surface area contributed by atoms with E-state index in [2.05, 4.69) is 15.6 Å². The molecule has 2 heterocycles. The molecule has 3 amide bonds. The molecule has 1 aromatic heterocycles. The molecule has 2 aromatic rings. The van der Waals surface area contributed by atoms with Crippen LogP contribution in [0.25, 0.3) is 10.4 Å². The number of aliphatic hydroxyl groups is 1. The Labute approximate surface area is 222 Å². The van der Waals surface area contributed by atoms with Gasteiger partial charge in [0.15, 0.2) is 0 Å². The third kappa shape index (κ3) is 7.59. The highest BCUT2D eigenvalue weighted by atomic mass is 32.1. The Kier molecular flexibility index (Phi) is 9.80. The number of rotatable bonds is 10. The number of likely N-dealkylation sites (tertiary alicyclic amines) is 1. The van der Waals surface area contributed by atoms with Gasteiger partial charge in [-0.2, -0.15) is 0 Å². The van der Waals surface area contributed by atoms with Crippen molar-refractivity contribution in [3.05, 3.63) is 41.0 Å². The molecule has 1 aromatic carbocycles. The molecule has 0 radical (unpaired) electrons. The van der Waals surface area contributed by atoms with Crippen molar-refractivity contribution in [3.63, 3.8) is 0 Å². The van der Waals surface area contributed by atoms with Crippen LogP contribution in [0, 0.1) is 12.3 Å². The number of aryl methyl sites for hydroxylation is 1. The number of carbonyl (C=O) groups is 3. The predicted octanol–water partition coefficient (Wildman–Crippen LogP) is 2.36. The molecule has 5 N–H and O–H groups in total. The Morgan fingerprint density at radius 1 is 1.22 bits per heavy atom. The fourth-order valence-corrected chi connectivity index (χ4v) is 5.26. The average molecular weight is 530 g/mol. The fraction of sp³-hybridized carbons (Fsp3) is 0.556. The van der Waals surface area contributed by atoms with Crippen LogP contribution in [0.5, 0.6) is 0 Å². The maximum absolute atomic E-state index is 13.6. The lowest BCUT2D eigenvalue weighted by Gasteiger charge is -2.35. The van der Waals surface area contributed by atoms with E-state index in [9.17, 15) is 19.5 Å². The largest absolute Gasteiger partial charge is 0.391 e. The summed E-state index contributed by atoms with van der Waals surface area (Å²) in [6.45, 7) is 8.44. The van der Waals surface area contributed by atoms with Crippen LogP contribution >= 0.6 is 11.3 Å². The summed E-state index contributed by atoms with van der Waals surface area (Å²) in [6.07, 6.45) is 1.01. The number of hydrogen-bond donors (Lipinski definition) is 4. The van der Waals surface area contributed by atoms with Crippen molar-refractivity contribution in [2.24, 2.45) is 11.1 Å². The number of nitrogens with one attached hydrogen (secondary N) is 2. The molecule has 1 aliphatic heterocycles. The molecule has 0 aliphatic carbocycles. The monoisotopic (exact) mass is 529 g/mol. The van der Waals surface area contributed by atoms with Crippen molar-refractivity contribution in [2.45, 2.75) is 78.1 Å². The molecular formula is C27H39N5O4S. The summed E-state index contributed by atoms with van der Waals surface area (Å²) in [7, 11) is 0. The number of unbranched alkanes of at least 4 members (excludes halogenated alkanes) is 1. The van der Waals surface area contributed by atoms with Gasteiger partial charge < -0.3 is 26.4 Å². The molecule has 0 saturated carbocycles. The van der Waals surface area contributed by atoms with Gasteiger partial charge in [-0.05, 0) is 42.9 Å². The van der Waals surface area contributed by atoms with Crippen LogP contribution in [0.3, 0.4) is 0 Å². The molecule has 202 valence electrons. The van der Waals surface area contributed by atoms with Gasteiger partial charge in [-0.1, -0.05) is 45.0 Å². The van der Waals surface area contributed by atoms with Crippen LogP contribution in [-0.2, 0) is 20.9 Å². The normalized spacial score (nSPS) is 18.5. The van der Waals surface area contributed by atoms with Gasteiger partial charge in [0.05, 0.1) is 22.2 Å². The fourth-order valence-electron chi connectivity index (χ4n) is 4.44. The first-order valence-electron chi connectivity index (χ1n) is 12.8. The van der Waals surface area contributed by atoms with Crippen molar-refractivity contribution in [3.8, 4) is 10.4 Å². The van der Waals surface area contributed by atoms with E-state index in [0.29, 0.717) is 19.5 Å². The van der Waals surface area contributed by atoms with E-state index in [1.54, 1.807) is 11.3 Å². The topological polar surface area (TPSA) is 138 Å². The summed E-state index contributed by atoms with van der Waals surface area (Å²) in [5, 5.41) is 16.1. The first-order chi connectivity index (χ1) is 17.5. The second-order valence-electron chi connectivity index (χ2n) is 10.7. The Hall–Kier alpha value is -2.82. The van der Waals surface area contributed by atoms with E-state index in [4.69, 9.17) is 5.73 Å². The molecule has 0 bridgehead atoms. The van der Waals surface area contributed by atoms with E-state index in [0.717, 1.165) is 28.1 Å². The van der Waals surface area contributed by atoms with Gasteiger partial charge in [0.2, 0.25) is 17.7 Å². The number of nitrogens with zero attached hydrogens (tertiary/aromatic N) is 2. The summed E-state index contributed by atoms with van der Waals surface area (Å²) >= 11 is 1.59. The second kappa shape index (κ2) is 12.6. The van der Waals surface area contributed by atoms with Crippen molar-refractivity contribution in [1.82, 2.24) is 20.5 Å². The van der Waals surface area contributed by atoms with Gasteiger partial charge in [0.1, 0.15) is 12.1 Å². The third-order valence-corrected chi connectivity index (χ3v) is 7.55. The minimum absolute atomic E-state index is 0.0510. The maximum Gasteiger partial charge on any atom is 0.246 e. The number of aliphatic hydroxyl groups excluding tert-OH is 1. The van der Waals surface area contributed by atoms with E-state index >= 15 is 0 Å². The summed E-state index contributed by atoms with van der Waals surface area (Å²) in [4.78, 5) is 46.0. The van der Waals surface area contributed by atoms with Crippen LogP contribution in [0.1, 0.15) is 57.7 Å². The quantitative estimate of drug-likeness (QED) is 0.349. The molecule has 1 aliphatic rings. The standard InChI is InChI=1S/C27H39N5O4S/c1-17-23(37-16-30-17)19-10-8-18(9-11-19)14-29-25(35)21-13-20(33)15-32(21)26(36)24(27(2,3)4)31-22(34)7-5-6-12-28/h8-11,16,20-21,24,33H,5-7,12-15,28H2,1-4H3,(H,29,35)(H,31,34)/t20?,21-,24+/m0/s1. The highest BCUT2D eigenvalue weighted by Crippen LogP contribution is 2.28. The number of amides is 3. The molecule has 9 nitrogen and oxygen atoms in total. The minimum Gasteiger partial charge on any atom is -0.391 e. The van der Waals surface area contributed by atoms with Gasteiger partial charge in [-0.3, -0.25) is 14.4 Å². The Balaban J connectivity index is 1.65. The second-order valence-corrected chi connectivity index (χ2v) is 11.5. The lowest BCUT2D eigenvalue weighted by atomic mass is 9.85. The molecule has 0 spiro atoms. The number of thiazole rings is 1. The lowest BCUT2D eigenvalue weighted by molar-refractivity contribution is -0.144. The summed E-state index contributed by atoms with van der Waals surface area (Å²) in [5.74, 6) is -0.908. The zero-order valence-electron chi connectivity index (χ0n) is 22.1. The van der Waals surface area contributed by atoms with Crippen LogP contribution in [-0.4, -0.2) is 64.0 Å². The number of carbonyl (C=O) groups excluding carboxylic acids is 3. The lowest BCUT2D eigenvalue weighted by Crippen LogP contribution is -2.57. The van der Waals surface area contributed by atoms with Crippen LogP contribution in [0.15, 0.2) is 29.8 Å². The van der Waals surface area contributed by atoms with Crippen molar-refractivity contribution < 1.29 is 19.5 Å². The summed E-state index contributed by atoms with van der Waals surface area (Å²) < 4.78 is 0. The molecular weight excluding hydrogens is 490 g/mol. The van der Waals surface area contributed by atoms with Gasteiger partial charge >= 0.3 is 0 Å². The zero-order chi connectivity index (χ0) is 27.2. The van der Waals surface area contributed by atoms with Gasteiger partial charge in [0, 0.05) is 25.9 Å². The number of aromatic nitrogens is 1. The third-order valence-electron chi connectivity index (χ3n) is 6.57. The van der Waals surface area contributed by atoms with E-state index in [-0.39, 0.29) is 37.1 Å². The first kappa shape index (κ1) is 28.7. The summed E-state index contributed by atoms with van der Waals surface area (Å²) in [5.41, 5.74) is 9.73. The van der Waals surface area contributed by atoms with E-state index in [1.165, 1.54) is 4.90 Å². The van der Waals surface area contributed by atoms with Crippen LogP contribution in [0.2, 0.25) is 0 Å². The Morgan fingerprint density at radius 3 is 2.51 bits per heavy atom. The molecule has 1 saturated heterocycles. The smallest absolute Gasteiger partial charge is 0.246 e. The van der Waals surface area contributed by atoms with Crippen molar-refractivity contribution in [1.29, 1.82) is 0 Å². The highest BCUT2D eigenvalue weighted by molar-refractivity contribution is 7.13. The van der Waals surface area contributed by atoms with Gasteiger partial charge in [0.25, 0.3) is 0 Å². The Bertz CT molecular complexity index is 1080. The molecule has 3 rings (SSSR count). The molecule has 10 heteroatoms. The minimum atomic E-state index is -0.818. The average Bonchev–Trinajstić information content (AvgIpc) is 3.46. The maximum atomic E-state index is 13.6. The van der Waals surface area contributed by atoms with E-state index in [1.807, 2.05) is 57.5 Å². The van der Waals surface area contributed by atoms with Gasteiger partial charge in [-0.25, -0.2) is 4.98 Å². The van der Waals surface area contributed by atoms with Gasteiger partial charge in [-0.15, -0.1) is 11.3 Å². The highest BCUT2D eigenvalue weighted by Gasteiger charge is 2.44. The Morgan fingerprint density at radius 2 is 1.92 bits per heavy atom. The summed E-state index contributed by atoms with van der Waals surface area (Å²) in [6, 6.07) is 6.29. The van der Waals surface area contributed by atoms with Crippen molar-refractivity contribution in [2.75, 3.05) is 13.1 Å². The molecule has 1 fully saturated rings. The van der Waals surface area contributed by atoms with Crippen LogP contribution < -0.4 is 16.4 Å². The molecule has 3 atom stereocenters. The first-order valence-corrected chi connectivity index (χ1v) is 13.6. The van der Waals surface area contributed by atoms with Crippen LogP contribution in [0.4, 0.5) is 0 Å². The van der Waals surface area contributed by atoms with E-state index < -0.39 is 23.6 Å². The number of β-amino-alcohol motifs (C(OH)–C–C–N with tert-alkyl or cyclic N) is 1. The number of nitrogens with two attached hydrogens (primary N) is 1. The molecule has 1 unspecified atom stereocenters.